The summed E-state index contributed by atoms with van der Waals surface area (Å²) in [5.41, 5.74) is 0.412. The zero-order chi connectivity index (χ0) is 22.1. The molecular weight excluding hydrogens is 400 g/mol. The summed E-state index contributed by atoms with van der Waals surface area (Å²) in [6.45, 7) is 4.02. The highest BCUT2D eigenvalue weighted by Crippen LogP contribution is 2.31. The van der Waals surface area contributed by atoms with E-state index in [-0.39, 0.29) is 34.5 Å². The Labute approximate surface area is 177 Å². The van der Waals surface area contributed by atoms with Crippen LogP contribution in [0.3, 0.4) is 0 Å². The van der Waals surface area contributed by atoms with Crippen LogP contribution in [0.5, 0.6) is 17.2 Å². The summed E-state index contributed by atoms with van der Waals surface area (Å²) >= 11 is 0. The first-order valence-corrected chi connectivity index (χ1v) is 9.72. The SMILES string of the molecule is COc1ccc(Cn2nnc3c(=O)[nH]c4cc(OC)c(OC(C)C)cc4c(=O)c32)cc1. The number of benzene rings is 2. The first-order valence-electron chi connectivity index (χ1n) is 9.72. The Bertz CT molecular complexity index is 1370. The third-order valence-electron chi connectivity index (χ3n) is 4.82. The second kappa shape index (κ2) is 8.10. The molecule has 0 aliphatic rings. The number of aromatic nitrogens is 4. The molecule has 0 saturated heterocycles. The van der Waals surface area contributed by atoms with Gasteiger partial charge in [-0.25, -0.2) is 4.68 Å². The lowest BCUT2D eigenvalue weighted by Crippen LogP contribution is -2.11. The summed E-state index contributed by atoms with van der Waals surface area (Å²) in [4.78, 5) is 29.0. The average Bonchev–Trinajstić information content (AvgIpc) is 3.13. The molecule has 0 aliphatic carbocycles. The van der Waals surface area contributed by atoms with E-state index in [0.29, 0.717) is 17.0 Å². The quantitative estimate of drug-likeness (QED) is 0.508. The first-order chi connectivity index (χ1) is 14.9. The molecule has 4 aromatic rings. The molecule has 0 atom stereocenters. The molecule has 4 rings (SSSR count). The van der Waals surface area contributed by atoms with E-state index in [1.165, 1.54) is 11.8 Å². The van der Waals surface area contributed by atoms with Gasteiger partial charge in [-0.1, -0.05) is 17.3 Å². The summed E-state index contributed by atoms with van der Waals surface area (Å²) < 4.78 is 17.8. The van der Waals surface area contributed by atoms with Crippen molar-refractivity contribution < 1.29 is 14.2 Å². The maximum atomic E-state index is 13.5. The molecule has 1 N–H and O–H groups in total. The normalized spacial score (nSPS) is 11.3. The molecule has 31 heavy (non-hydrogen) atoms. The van der Waals surface area contributed by atoms with E-state index in [1.54, 1.807) is 19.2 Å². The Balaban J connectivity index is 1.95. The zero-order valence-electron chi connectivity index (χ0n) is 17.6. The van der Waals surface area contributed by atoms with Crippen molar-refractivity contribution in [3.63, 3.8) is 0 Å². The molecule has 160 valence electrons. The van der Waals surface area contributed by atoms with Gasteiger partial charge in [0.05, 0.1) is 37.8 Å². The van der Waals surface area contributed by atoms with Crippen molar-refractivity contribution >= 4 is 21.9 Å². The Morgan fingerprint density at radius 3 is 2.42 bits per heavy atom. The third-order valence-corrected chi connectivity index (χ3v) is 4.82. The van der Waals surface area contributed by atoms with Gasteiger partial charge in [0.2, 0.25) is 5.43 Å². The largest absolute Gasteiger partial charge is 0.497 e. The number of fused-ring (bicyclic) bond motifs is 2. The molecule has 0 aliphatic heterocycles. The minimum absolute atomic E-state index is 0.0278. The smallest absolute Gasteiger partial charge is 0.278 e. The zero-order valence-corrected chi connectivity index (χ0v) is 17.6. The average molecular weight is 422 g/mol. The minimum atomic E-state index is -0.511. The second-order valence-corrected chi connectivity index (χ2v) is 7.29. The van der Waals surface area contributed by atoms with Gasteiger partial charge in [-0.15, -0.1) is 5.10 Å². The molecule has 0 bridgehead atoms. The fraction of sp³-hybridized carbons (Fsp3) is 0.273. The van der Waals surface area contributed by atoms with Gasteiger partial charge in [-0.2, -0.15) is 0 Å². The van der Waals surface area contributed by atoms with Crippen LogP contribution in [-0.4, -0.2) is 40.3 Å². The predicted octanol–water partition coefficient (Wildman–Crippen LogP) is 2.49. The number of H-pyrrole nitrogens is 1. The Kier molecular flexibility index (Phi) is 5.33. The van der Waals surface area contributed by atoms with Crippen molar-refractivity contribution in [2.45, 2.75) is 26.5 Å². The van der Waals surface area contributed by atoms with Crippen LogP contribution in [0.15, 0.2) is 46.0 Å². The first kappa shape index (κ1) is 20.4. The molecule has 2 aromatic carbocycles. The highest BCUT2D eigenvalue weighted by Gasteiger charge is 2.17. The highest BCUT2D eigenvalue weighted by molar-refractivity contribution is 5.89. The van der Waals surface area contributed by atoms with Crippen LogP contribution in [-0.2, 0) is 6.54 Å². The van der Waals surface area contributed by atoms with Crippen LogP contribution in [0.1, 0.15) is 19.4 Å². The summed E-state index contributed by atoms with van der Waals surface area (Å²) in [5, 5.41) is 8.30. The van der Waals surface area contributed by atoms with E-state index in [2.05, 4.69) is 15.3 Å². The maximum absolute atomic E-state index is 13.5. The van der Waals surface area contributed by atoms with Crippen molar-refractivity contribution in [3.05, 3.63) is 62.5 Å². The van der Waals surface area contributed by atoms with E-state index in [1.807, 2.05) is 38.1 Å². The lowest BCUT2D eigenvalue weighted by Gasteiger charge is -2.13. The van der Waals surface area contributed by atoms with Crippen LogP contribution < -0.4 is 25.2 Å². The topological polar surface area (TPSA) is 108 Å². The van der Waals surface area contributed by atoms with Crippen LogP contribution >= 0.6 is 0 Å². The predicted molar refractivity (Wildman–Crippen MR) is 116 cm³/mol. The van der Waals surface area contributed by atoms with Crippen LogP contribution in [0, 0.1) is 0 Å². The summed E-state index contributed by atoms with van der Waals surface area (Å²) in [7, 11) is 3.09. The number of rotatable bonds is 6. The Morgan fingerprint density at radius 2 is 1.77 bits per heavy atom. The molecule has 9 nitrogen and oxygen atoms in total. The number of methoxy groups -OCH3 is 2. The van der Waals surface area contributed by atoms with Crippen LogP contribution in [0.4, 0.5) is 0 Å². The lowest BCUT2D eigenvalue weighted by molar-refractivity contribution is 0.230. The van der Waals surface area contributed by atoms with Crippen molar-refractivity contribution in [3.8, 4) is 17.2 Å². The van der Waals surface area contributed by atoms with Gasteiger partial charge >= 0.3 is 0 Å². The van der Waals surface area contributed by atoms with E-state index in [9.17, 15) is 9.59 Å². The molecule has 0 spiro atoms. The number of aromatic amines is 1. The molecular formula is C22H22N4O5. The monoisotopic (exact) mass is 422 g/mol. The Morgan fingerprint density at radius 1 is 1.03 bits per heavy atom. The van der Waals surface area contributed by atoms with E-state index >= 15 is 0 Å². The van der Waals surface area contributed by atoms with Gasteiger partial charge in [0, 0.05) is 6.07 Å². The Hall–Kier alpha value is -3.88. The summed E-state index contributed by atoms with van der Waals surface area (Å²) in [5.74, 6) is 1.55. The molecule has 0 unspecified atom stereocenters. The summed E-state index contributed by atoms with van der Waals surface area (Å²) in [6, 6.07) is 10.5. The molecule has 0 saturated carbocycles. The van der Waals surface area contributed by atoms with Crippen LogP contribution in [0.25, 0.3) is 21.9 Å². The lowest BCUT2D eigenvalue weighted by atomic mass is 10.2. The van der Waals surface area contributed by atoms with Gasteiger partial charge in [0.25, 0.3) is 5.56 Å². The van der Waals surface area contributed by atoms with Crippen molar-refractivity contribution in [2.24, 2.45) is 0 Å². The fourth-order valence-corrected chi connectivity index (χ4v) is 3.37. The van der Waals surface area contributed by atoms with Gasteiger partial charge in [0.1, 0.15) is 11.3 Å². The molecule has 0 radical (unpaired) electrons. The third kappa shape index (κ3) is 3.81. The van der Waals surface area contributed by atoms with Crippen molar-refractivity contribution in [1.82, 2.24) is 20.0 Å². The number of nitrogens with zero attached hydrogens (tertiary/aromatic N) is 3. The van der Waals surface area contributed by atoms with E-state index in [4.69, 9.17) is 14.2 Å². The number of hydrogen-bond donors (Lipinski definition) is 1. The molecule has 2 aromatic heterocycles. The molecule has 0 amide bonds. The highest BCUT2D eigenvalue weighted by atomic mass is 16.5. The van der Waals surface area contributed by atoms with Gasteiger partial charge in [-0.3, -0.25) is 9.59 Å². The maximum Gasteiger partial charge on any atom is 0.278 e. The van der Waals surface area contributed by atoms with Crippen LogP contribution in [0.2, 0.25) is 0 Å². The standard InChI is InChI=1S/C22H22N4O5/c1-12(2)31-18-9-15-16(10-17(18)30-4)23-22(28)19-20(21(15)27)26(25-24-19)11-13-5-7-14(29-3)8-6-13/h5-10,12H,11H2,1-4H3,(H,23,28). The second-order valence-electron chi connectivity index (χ2n) is 7.29. The molecule has 2 heterocycles. The van der Waals surface area contributed by atoms with Crippen molar-refractivity contribution in [1.29, 1.82) is 0 Å². The number of nitrogens with one attached hydrogen (secondary N) is 1. The van der Waals surface area contributed by atoms with E-state index < -0.39 is 5.56 Å². The van der Waals surface area contributed by atoms with E-state index in [0.717, 1.165) is 11.3 Å². The minimum Gasteiger partial charge on any atom is -0.497 e. The van der Waals surface area contributed by atoms with Gasteiger partial charge in [-0.05, 0) is 37.6 Å². The molecule has 9 heteroatoms. The van der Waals surface area contributed by atoms with Crippen molar-refractivity contribution in [2.75, 3.05) is 14.2 Å². The fourth-order valence-electron chi connectivity index (χ4n) is 3.37. The number of hydrogen-bond acceptors (Lipinski definition) is 7. The number of ether oxygens (including phenoxy) is 3. The summed E-state index contributed by atoms with van der Waals surface area (Å²) in [6.07, 6.45) is -0.125. The molecule has 0 fully saturated rings. The van der Waals surface area contributed by atoms with Gasteiger partial charge < -0.3 is 19.2 Å². The van der Waals surface area contributed by atoms with Gasteiger partial charge in [0.15, 0.2) is 17.0 Å².